The molecule has 0 saturated carbocycles. The van der Waals surface area contributed by atoms with E-state index in [0.29, 0.717) is 56.3 Å². The number of hydrogen-bond donors (Lipinski definition) is 1. The molecule has 2 aromatic carbocycles. The summed E-state index contributed by atoms with van der Waals surface area (Å²) in [5.74, 6) is 1.31. The summed E-state index contributed by atoms with van der Waals surface area (Å²) in [6.45, 7) is 3.31. The largest absolute Gasteiger partial charge is 0.491 e. The number of aromatic nitrogens is 2. The van der Waals surface area contributed by atoms with Crippen LogP contribution >= 0.6 is 0 Å². The van der Waals surface area contributed by atoms with Crippen LogP contribution < -0.4 is 9.47 Å². The summed E-state index contributed by atoms with van der Waals surface area (Å²) in [4.78, 5) is 38.7. The van der Waals surface area contributed by atoms with Crippen LogP contribution in [0.1, 0.15) is 52.8 Å². The van der Waals surface area contributed by atoms with Crippen molar-refractivity contribution in [2.24, 2.45) is 5.41 Å². The lowest BCUT2D eigenvalue weighted by molar-refractivity contribution is 0.0358. The number of para-hydroxylation sites is 1. The number of fused-ring (bicyclic) bond motifs is 10. The van der Waals surface area contributed by atoms with Gasteiger partial charge in [-0.2, -0.15) is 0 Å². The molecule has 0 atom stereocenters. The highest BCUT2D eigenvalue weighted by Crippen LogP contribution is 2.38. The molecular weight excluding hydrogens is 516 g/mol. The van der Waals surface area contributed by atoms with E-state index in [2.05, 4.69) is 9.97 Å². The SMILES string of the molecule is O=C1c2ccccc2OCCN(C(=O)c2cccc3[nH]ccc23)CCCCC2(COc3cccnc3)CCN1CC2. The van der Waals surface area contributed by atoms with E-state index in [0.717, 1.165) is 48.8 Å². The van der Waals surface area contributed by atoms with Crippen LogP contribution in [0.3, 0.4) is 0 Å². The van der Waals surface area contributed by atoms with Gasteiger partial charge in [-0.3, -0.25) is 14.6 Å². The van der Waals surface area contributed by atoms with E-state index >= 15 is 0 Å². The molecule has 5 heterocycles. The van der Waals surface area contributed by atoms with E-state index in [1.807, 2.05) is 76.7 Å². The van der Waals surface area contributed by atoms with Gasteiger partial charge in [0.1, 0.15) is 18.1 Å². The summed E-state index contributed by atoms with van der Waals surface area (Å²) in [5.41, 5.74) is 2.15. The van der Waals surface area contributed by atoms with Gasteiger partial charge in [0.25, 0.3) is 11.8 Å². The minimum Gasteiger partial charge on any atom is -0.491 e. The number of benzene rings is 2. The fraction of sp³-hybridized carbons (Fsp3) is 0.364. The number of aromatic amines is 1. The molecule has 41 heavy (non-hydrogen) atoms. The highest BCUT2D eigenvalue weighted by Gasteiger charge is 2.37. The molecule has 0 aliphatic carbocycles. The Hall–Kier alpha value is -4.33. The molecule has 0 unspecified atom stereocenters. The first-order valence-corrected chi connectivity index (χ1v) is 14.5. The van der Waals surface area contributed by atoms with Crippen LogP contribution in [0.5, 0.6) is 11.5 Å². The molecule has 7 rings (SSSR count). The molecule has 8 heteroatoms. The van der Waals surface area contributed by atoms with Gasteiger partial charge in [0.15, 0.2) is 0 Å². The summed E-state index contributed by atoms with van der Waals surface area (Å²) < 4.78 is 12.4. The normalized spacial score (nSPS) is 17.8. The number of amides is 2. The zero-order valence-electron chi connectivity index (χ0n) is 23.3. The molecule has 2 aromatic heterocycles. The number of carbonyl (C=O) groups excluding carboxylic acids is 2. The van der Waals surface area contributed by atoms with Crippen molar-refractivity contribution in [2.75, 3.05) is 39.4 Å². The molecule has 2 amide bonds. The fourth-order valence-electron chi connectivity index (χ4n) is 6.08. The molecule has 212 valence electrons. The molecule has 1 fully saturated rings. The third-order valence-electron chi connectivity index (χ3n) is 8.52. The Balaban J connectivity index is 1.25. The van der Waals surface area contributed by atoms with Crippen LogP contribution in [-0.4, -0.2) is 71.0 Å². The average molecular weight is 553 g/mol. The van der Waals surface area contributed by atoms with Gasteiger partial charge in [0.05, 0.1) is 24.9 Å². The van der Waals surface area contributed by atoms with Crippen molar-refractivity contribution < 1.29 is 19.1 Å². The zero-order valence-corrected chi connectivity index (χ0v) is 23.3. The third-order valence-corrected chi connectivity index (χ3v) is 8.52. The summed E-state index contributed by atoms with van der Waals surface area (Å²) in [6, 6.07) is 19.0. The Kier molecular flexibility index (Phi) is 7.89. The second-order valence-electron chi connectivity index (χ2n) is 11.1. The van der Waals surface area contributed by atoms with Crippen LogP contribution in [-0.2, 0) is 0 Å². The van der Waals surface area contributed by atoms with E-state index in [4.69, 9.17) is 9.47 Å². The Labute approximate surface area is 240 Å². The van der Waals surface area contributed by atoms with E-state index in [1.165, 1.54) is 0 Å². The van der Waals surface area contributed by atoms with Crippen LogP contribution in [0, 0.1) is 5.41 Å². The minimum atomic E-state index is -0.0472. The number of H-pyrrole nitrogens is 1. The molecule has 1 saturated heterocycles. The second kappa shape index (κ2) is 12.0. The first-order valence-electron chi connectivity index (χ1n) is 14.5. The van der Waals surface area contributed by atoms with Gasteiger partial charge in [-0.25, -0.2) is 0 Å². The van der Waals surface area contributed by atoms with Crippen molar-refractivity contribution in [2.45, 2.75) is 32.1 Å². The van der Waals surface area contributed by atoms with Crippen LogP contribution in [0.4, 0.5) is 0 Å². The molecule has 1 N–H and O–H groups in total. The quantitative estimate of drug-likeness (QED) is 0.358. The number of piperidine rings is 1. The van der Waals surface area contributed by atoms with Crippen LogP contribution in [0.15, 0.2) is 79.3 Å². The van der Waals surface area contributed by atoms with Crippen molar-refractivity contribution in [3.05, 3.63) is 90.4 Å². The monoisotopic (exact) mass is 552 g/mol. The van der Waals surface area contributed by atoms with Gasteiger partial charge in [0.2, 0.25) is 0 Å². The molecular formula is C33H36N4O4. The van der Waals surface area contributed by atoms with Gasteiger partial charge >= 0.3 is 0 Å². The molecule has 4 aromatic rings. The second-order valence-corrected chi connectivity index (χ2v) is 11.1. The smallest absolute Gasteiger partial charge is 0.257 e. The third kappa shape index (κ3) is 5.92. The number of nitrogens with zero attached hydrogens (tertiary/aromatic N) is 3. The lowest BCUT2D eigenvalue weighted by atomic mass is 9.75. The maximum atomic E-state index is 13.8. The number of ether oxygens (including phenoxy) is 2. The summed E-state index contributed by atoms with van der Waals surface area (Å²) in [6.07, 6.45) is 9.88. The Morgan fingerprint density at radius 1 is 0.951 bits per heavy atom. The van der Waals surface area contributed by atoms with Crippen molar-refractivity contribution in [1.29, 1.82) is 0 Å². The van der Waals surface area contributed by atoms with Crippen molar-refractivity contribution in [3.63, 3.8) is 0 Å². The van der Waals surface area contributed by atoms with Gasteiger partial charge in [-0.15, -0.1) is 0 Å². The average Bonchev–Trinajstić information content (AvgIpc) is 3.51. The number of carbonyl (C=O) groups is 2. The molecule has 8 nitrogen and oxygen atoms in total. The number of rotatable bonds is 4. The number of nitrogens with one attached hydrogen (secondary N) is 1. The van der Waals surface area contributed by atoms with Crippen molar-refractivity contribution in [1.82, 2.24) is 19.8 Å². The van der Waals surface area contributed by atoms with Gasteiger partial charge in [-0.1, -0.05) is 24.6 Å². The number of pyridine rings is 1. The van der Waals surface area contributed by atoms with Crippen LogP contribution in [0.2, 0.25) is 0 Å². The Morgan fingerprint density at radius 3 is 2.68 bits per heavy atom. The van der Waals surface area contributed by atoms with E-state index in [9.17, 15) is 9.59 Å². The van der Waals surface area contributed by atoms with E-state index < -0.39 is 0 Å². The predicted octanol–water partition coefficient (Wildman–Crippen LogP) is 5.57. The van der Waals surface area contributed by atoms with Crippen molar-refractivity contribution in [3.8, 4) is 11.5 Å². The standard InChI is InChI=1S/C33H36N4O4/c38-31(27-9-5-10-29-26(27)12-17-35-29)36-18-4-3-13-33(24-41-25-7-6-16-34-23-25)14-19-37(20-15-33)32(39)28-8-1-2-11-30(28)40-22-21-36/h1-2,5-12,16-17,23,35H,3-4,13-15,18-22,24H2. The highest BCUT2D eigenvalue weighted by molar-refractivity contribution is 6.06. The number of hydrogen-bond acceptors (Lipinski definition) is 5. The molecule has 3 aliphatic rings. The maximum absolute atomic E-state index is 13.8. The van der Waals surface area contributed by atoms with Gasteiger partial charge < -0.3 is 24.3 Å². The highest BCUT2D eigenvalue weighted by atomic mass is 16.5. The Bertz CT molecular complexity index is 1490. The summed E-state index contributed by atoms with van der Waals surface area (Å²) in [7, 11) is 0. The first kappa shape index (κ1) is 26.9. The van der Waals surface area contributed by atoms with Crippen molar-refractivity contribution >= 4 is 22.7 Å². The minimum absolute atomic E-state index is 0.00542. The first-order chi connectivity index (χ1) is 20.1. The molecule has 0 spiro atoms. The van der Waals surface area contributed by atoms with Gasteiger partial charge in [0, 0.05) is 53.9 Å². The predicted molar refractivity (Wildman–Crippen MR) is 157 cm³/mol. The lowest BCUT2D eigenvalue weighted by Crippen LogP contribution is -2.45. The summed E-state index contributed by atoms with van der Waals surface area (Å²) >= 11 is 0. The summed E-state index contributed by atoms with van der Waals surface area (Å²) in [5, 5.41) is 0.919. The van der Waals surface area contributed by atoms with Gasteiger partial charge in [-0.05, 0) is 68.1 Å². The molecule has 3 aliphatic heterocycles. The fourth-order valence-corrected chi connectivity index (χ4v) is 6.08. The van der Waals surface area contributed by atoms with E-state index in [-0.39, 0.29) is 17.2 Å². The van der Waals surface area contributed by atoms with E-state index in [1.54, 1.807) is 12.4 Å². The zero-order chi connectivity index (χ0) is 28.1. The van der Waals surface area contributed by atoms with Crippen LogP contribution in [0.25, 0.3) is 10.9 Å². The Morgan fingerprint density at radius 2 is 1.83 bits per heavy atom. The topological polar surface area (TPSA) is 87.8 Å². The maximum Gasteiger partial charge on any atom is 0.257 e. The lowest BCUT2D eigenvalue weighted by Gasteiger charge is -2.42. The molecule has 2 bridgehead atoms. The molecule has 0 radical (unpaired) electrons.